The Balaban J connectivity index is 1.89. The fraction of sp³-hybridized carbons (Fsp3) is 0.625. The molecule has 21 heavy (non-hydrogen) atoms. The highest BCUT2D eigenvalue weighted by molar-refractivity contribution is 5.18. The van der Waals surface area contributed by atoms with Crippen molar-refractivity contribution in [3.63, 3.8) is 0 Å². The average molecular weight is 296 g/mol. The smallest absolute Gasteiger partial charge is 0.123 e. The second-order valence-corrected chi connectivity index (χ2v) is 6.16. The minimum atomic E-state index is -0.668. The van der Waals surface area contributed by atoms with Gasteiger partial charge in [0.1, 0.15) is 5.82 Å². The lowest BCUT2D eigenvalue weighted by molar-refractivity contribution is 0.125. The number of aliphatic hydroxyl groups excluding tert-OH is 2. The van der Waals surface area contributed by atoms with E-state index in [0.29, 0.717) is 31.1 Å². The summed E-state index contributed by atoms with van der Waals surface area (Å²) in [6.07, 6.45) is 0.355. The molecule has 3 unspecified atom stereocenters. The van der Waals surface area contributed by atoms with E-state index >= 15 is 0 Å². The summed E-state index contributed by atoms with van der Waals surface area (Å²) in [6.45, 7) is 2.24. The van der Waals surface area contributed by atoms with Gasteiger partial charge in [0.05, 0.1) is 12.2 Å². The van der Waals surface area contributed by atoms with Gasteiger partial charge < -0.3 is 15.1 Å². The summed E-state index contributed by atoms with van der Waals surface area (Å²) in [5.74, 6) is -0.325. The van der Waals surface area contributed by atoms with Crippen molar-refractivity contribution in [1.29, 1.82) is 0 Å². The minimum absolute atomic E-state index is 0.290. The van der Waals surface area contributed by atoms with E-state index in [2.05, 4.69) is 9.80 Å². The van der Waals surface area contributed by atoms with Crippen molar-refractivity contribution in [3.05, 3.63) is 35.6 Å². The largest absolute Gasteiger partial charge is 0.392 e. The van der Waals surface area contributed by atoms with E-state index in [1.807, 2.05) is 14.1 Å². The molecule has 1 fully saturated rings. The fourth-order valence-electron chi connectivity index (χ4n) is 3.01. The molecule has 1 aliphatic rings. The quantitative estimate of drug-likeness (QED) is 0.829. The highest BCUT2D eigenvalue weighted by Gasteiger charge is 2.31. The molecule has 4 nitrogen and oxygen atoms in total. The first kappa shape index (κ1) is 16.4. The lowest BCUT2D eigenvalue weighted by atomic mass is 10.1. The Morgan fingerprint density at radius 2 is 2.19 bits per heavy atom. The standard InChI is InChI=1S/C16H25FN2O2/c1-18(2)10-14-9-15(20)11-19(14)7-6-16(21)12-4-3-5-13(17)8-12/h3-5,8,14-16,20-21H,6-7,9-11H2,1-2H3. The summed E-state index contributed by atoms with van der Waals surface area (Å²) in [5.41, 5.74) is 0.610. The second-order valence-electron chi connectivity index (χ2n) is 6.16. The minimum Gasteiger partial charge on any atom is -0.392 e. The number of hydrogen-bond donors (Lipinski definition) is 2. The Kier molecular flexibility index (Phi) is 5.70. The zero-order valence-electron chi connectivity index (χ0n) is 12.7. The van der Waals surface area contributed by atoms with Gasteiger partial charge in [0.25, 0.3) is 0 Å². The Labute approximate surface area is 125 Å². The van der Waals surface area contributed by atoms with Crippen LogP contribution in [0.3, 0.4) is 0 Å². The third-order valence-corrected chi connectivity index (χ3v) is 4.00. The molecule has 118 valence electrons. The molecule has 0 radical (unpaired) electrons. The van der Waals surface area contributed by atoms with Crippen LogP contribution >= 0.6 is 0 Å². The summed E-state index contributed by atoms with van der Waals surface area (Å²) >= 11 is 0. The summed E-state index contributed by atoms with van der Waals surface area (Å²) in [4.78, 5) is 4.33. The lowest BCUT2D eigenvalue weighted by Crippen LogP contribution is -2.38. The van der Waals surface area contributed by atoms with Crippen molar-refractivity contribution in [3.8, 4) is 0 Å². The maximum absolute atomic E-state index is 13.2. The van der Waals surface area contributed by atoms with Gasteiger partial charge >= 0.3 is 0 Å². The van der Waals surface area contributed by atoms with Crippen LogP contribution in [-0.4, -0.2) is 65.9 Å². The van der Waals surface area contributed by atoms with E-state index in [1.165, 1.54) is 12.1 Å². The second kappa shape index (κ2) is 7.31. The van der Waals surface area contributed by atoms with Gasteiger partial charge in [0.15, 0.2) is 0 Å². The molecule has 0 amide bonds. The topological polar surface area (TPSA) is 46.9 Å². The monoisotopic (exact) mass is 296 g/mol. The molecule has 0 aliphatic carbocycles. The summed E-state index contributed by atoms with van der Waals surface area (Å²) in [7, 11) is 4.04. The van der Waals surface area contributed by atoms with Crippen molar-refractivity contribution >= 4 is 0 Å². The number of rotatable bonds is 6. The van der Waals surface area contributed by atoms with E-state index < -0.39 is 6.10 Å². The number of benzene rings is 1. The number of nitrogens with zero attached hydrogens (tertiary/aromatic N) is 2. The summed E-state index contributed by atoms with van der Waals surface area (Å²) in [6, 6.07) is 6.42. The molecule has 0 saturated carbocycles. The predicted octanol–water partition coefficient (Wildman–Crippen LogP) is 1.25. The number of halogens is 1. The first-order chi connectivity index (χ1) is 9.95. The number of aliphatic hydroxyl groups is 2. The van der Waals surface area contributed by atoms with Crippen molar-refractivity contribution < 1.29 is 14.6 Å². The van der Waals surface area contributed by atoms with Crippen LogP contribution < -0.4 is 0 Å². The van der Waals surface area contributed by atoms with Crippen LogP contribution in [0.4, 0.5) is 4.39 Å². The zero-order chi connectivity index (χ0) is 15.4. The van der Waals surface area contributed by atoms with E-state index in [4.69, 9.17) is 0 Å². The van der Waals surface area contributed by atoms with Crippen LogP contribution in [0.5, 0.6) is 0 Å². The Hall–Kier alpha value is -1.01. The highest BCUT2D eigenvalue weighted by Crippen LogP contribution is 2.22. The van der Waals surface area contributed by atoms with Crippen LogP contribution in [0, 0.1) is 5.82 Å². The molecule has 0 aromatic heterocycles. The lowest BCUT2D eigenvalue weighted by Gasteiger charge is -2.27. The van der Waals surface area contributed by atoms with Gasteiger partial charge in [0, 0.05) is 25.7 Å². The van der Waals surface area contributed by atoms with Crippen molar-refractivity contribution in [2.24, 2.45) is 0 Å². The van der Waals surface area contributed by atoms with Crippen LogP contribution in [-0.2, 0) is 0 Å². The van der Waals surface area contributed by atoms with Gasteiger partial charge in [0.2, 0.25) is 0 Å². The molecule has 0 bridgehead atoms. The van der Waals surface area contributed by atoms with Crippen LogP contribution in [0.2, 0.25) is 0 Å². The van der Waals surface area contributed by atoms with Gasteiger partial charge in [-0.1, -0.05) is 12.1 Å². The van der Waals surface area contributed by atoms with Gasteiger partial charge in [-0.05, 0) is 44.6 Å². The van der Waals surface area contributed by atoms with Crippen LogP contribution in [0.1, 0.15) is 24.5 Å². The number of likely N-dealkylation sites (N-methyl/N-ethyl adjacent to an activating group) is 1. The van der Waals surface area contributed by atoms with Gasteiger partial charge in [-0.15, -0.1) is 0 Å². The molecule has 1 heterocycles. The van der Waals surface area contributed by atoms with Gasteiger partial charge in [-0.3, -0.25) is 4.90 Å². The van der Waals surface area contributed by atoms with Gasteiger partial charge in [-0.2, -0.15) is 0 Å². The molecular formula is C16H25FN2O2. The molecule has 1 aromatic rings. The normalized spacial score (nSPS) is 24.7. The average Bonchev–Trinajstić information content (AvgIpc) is 2.75. The maximum Gasteiger partial charge on any atom is 0.123 e. The Morgan fingerprint density at radius 1 is 1.43 bits per heavy atom. The third kappa shape index (κ3) is 4.74. The number of likely N-dealkylation sites (tertiary alicyclic amines) is 1. The first-order valence-electron chi connectivity index (χ1n) is 7.46. The van der Waals surface area contributed by atoms with Crippen molar-refractivity contribution in [2.45, 2.75) is 31.1 Å². The van der Waals surface area contributed by atoms with E-state index in [9.17, 15) is 14.6 Å². The predicted molar refractivity (Wildman–Crippen MR) is 80.5 cm³/mol. The van der Waals surface area contributed by atoms with Crippen molar-refractivity contribution in [2.75, 3.05) is 33.7 Å². The summed E-state index contributed by atoms with van der Waals surface area (Å²) < 4.78 is 13.2. The SMILES string of the molecule is CN(C)CC1CC(O)CN1CCC(O)c1cccc(F)c1. The number of β-amino-alcohol motifs (C(OH)–C–C–N with tert-alkyl or cyclic N) is 1. The van der Waals surface area contributed by atoms with E-state index in [-0.39, 0.29) is 11.9 Å². The van der Waals surface area contributed by atoms with Crippen LogP contribution in [0.25, 0.3) is 0 Å². The Morgan fingerprint density at radius 3 is 2.86 bits per heavy atom. The Bertz CT molecular complexity index is 456. The number of hydrogen-bond acceptors (Lipinski definition) is 4. The van der Waals surface area contributed by atoms with Gasteiger partial charge in [-0.25, -0.2) is 4.39 Å². The molecule has 1 saturated heterocycles. The molecular weight excluding hydrogens is 271 g/mol. The van der Waals surface area contributed by atoms with E-state index in [0.717, 1.165) is 13.0 Å². The molecule has 2 N–H and O–H groups in total. The third-order valence-electron chi connectivity index (χ3n) is 4.00. The molecule has 1 aromatic carbocycles. The summed E-state index contributed by atoms with van der Waals surface area (Å²) in [5, 5.41) is 20.0. The molecule has 3 atom stereocenters. The molecule has 2 rings (SSSR count). The maximum atomic E-state index is 13.2. The fourth-order valence-corrected chi connectivity index (χ4v) is 3.01. The molecule has 5 heteroatoms. The highest BCUT2D eigenvalue weighted by atomic mass is 19.1. The van der Waals surface area contributed by atoms with Crippen molar-refractivity contribution in [1.82, 2.24) is 9.80 Å². The first-order valence-corrected chi connectivity index (χ1v) is 7.46. The van der Waals surface area contributed by atoms with Crippen LogP contribution in [0.15, 0.2) is 24.3 Å². The zero-order valence-corrected chi connectivity index (χ0v) is 12.7. The van der Waals surface area contributed by atoms with E-state index in [1.54, 1.807) is 12.1 Å². The molecule has 0 spiro atoms. The molecule has 1 aliphatic heterocycles.